The van der Waals surface area contributed by atoms with Crippen molar-refractivity contribution >= 4 is 76.8 Å². The number of carboxylic acids is 2. The molecule has 0 radical (unpaired) electrons. The first kappa shape index (κ1) is 49.4. The summed E-state index contributed by atoms with van der Waals surface area (Å²) in [5.74, 6) is 3.70. The maximum Gasteiger partial charge on any atom is 0.354 e. The van der Waals surface area contributed by atoms with Gasteiger partial charge in [0.05, 0.1) is 43.8 Å². The molecule has 1 saturated carbocycles. The Labute approximate surface area is 385 Å². The van der Waals surface area contributed by atoms with Crippen molar-refractivity contribution in [2.45, 2.75) is 79.2 Å². The topological polar surface area (TPSA) is 235 Å². The largest absolute Gasteiger partial charge is 0.487 e. The first-order valence-electron chi connectivity index (χ1n) is 20.5. The lowest BCUT2D eigenvalue weighted by atomic mass is 9.71. The Bertz CT molecular complexity index is 2740. The zero-order valence-electron chi connectivity index (χ0n) is 36.0. The number of carbonyl (C=O) groups excluding carboxylic acids is 1. The number of hydrogen-bond acceptors (Lipinski definition) is 15. The average Bonchev–Trinajstić information content (AvgIpc) is 3.90. The van der Waals surface area contributed by atoms with Crippen LogP contribution in [-0.4, -0.2) is 70.9 Å². The Morgan fingerprint density at radius 3 is 2.00 bits per heavy atom. The molecule has 17 heteroatoms. The molecule has 1 aliphatic heterocycles. The van der Waals surface area contributed by atoms with E-state index in [1.54, 1.807) is 66.0 Å². The van der Waals surface area contributed by atoms with Gasteiger partial charge in [0, 0.05) is 23.8 Å². The fourth-order valence-corrected chi connectivity index (χ4v) is 8.69. The maximum atomic E-state index is 12.3. The molecule has 65 heavy (non-hydrogen) atoms. The number of thiazole rings is 2. The van der Waals surface area contributed by atoms with Crippen LogP contribution in [0.2, 0.25) is 0 Å². The normalized spacial score (nSPS) is 16.1. The zero-order valence-corrected chi connectivity index (χ0v) is 37.7. The number of pyridine rings is 2. The smallest absolute Gasteiger partial charge is 0.354 e. The first-order valence-corrected chi connectivity index (χ1v) is 22.1. The van der Waals surface area contributed by atoms with Gasteiger partial charge in [0.15, 0.2) is 10.9 Å². The number of para-hydroxylation sites is 2. The number of aromatic nitrogens is 4. The number of aromatic carboxylic acids is 2. The van der Waals surface area contributed by atoms with Gasteiger partial charge in [-0.2, -0.15) is 5.10 Å². The molecule has 9 rings (SSSR count). The second-order valence-electron chi connectivity index (χ2n) is 16.2. The summed E-state index contributed by atoms with van der Waals surface area (Å²) in [7, 11) is 0. The van der Waals surface area contributed by atoms with Crippen LogP contribution >= 0.6 is 22.7 Å². The number of nitrogens with one attached hydrogen (secondary N) is 2. The molecule has 1 aliphatic carbocycles. The summed E-state index contributed by atoms with van der Waals surface area (Å²) in [6.07, 6.45) is 3.07. The molecule has 2 aliphatic rings. The molecule has 0 spiro atoms. The number of hydrogen-bond donors (Lipinski definition) is 6. The molecule has 7 aromatic rings. The number of anilines is 2. The number of fused-ring (bicyclic) bond motifs is 3. The Morgan fingerprint density at radius 2 is 1.38 bits per heavy atom. The van der Waals surface area contributed by atoms with Crippen molar-refractivity contribution in [3.05, 3.63) is 126 Å². The van der Waals surface area contributed by atoms with Crippen molar-refractivity contribution in [1.82, 2.24) is 19.9 Å². The number of nitrogens with zero attached hydrogens (tertiary/aromatic N) is 5. The highest BCUT2D eigenvalue weighted by Crippen LogP contribution is 2.41. The number of nitrogens with two attached hydrogens (primary N) is 1. The fraction of sp³-hybridized carbons (Fsp3) is 0.292. The molecule has 340 valence electrons. The van der Waals surface area contributed by atoms with E-state index in [1.807, 2.05) is 68.4 Å². The number of hydrazone groups is 1. The highest BCUT2D eigenvalue weighted by Gasteiger charge is 2.35. The van der Waals surface area contributed by atoms with E-state index in [0.29, 0.717) is 29.0 Å². The Kier molecular flexibility index (Phi) is 16.6. The van der Waals surface area contributed by atoms with Gasteiger partial charge in [0.2, 0.25) is 5.13 Å². The number of nitrogen functional groups attached to an aromatic ring is 1. The average molecular weight is 919 g/mol. The van der Waals surface area contributed by atoms with Crippen molar-refractivity contribution in [3.8, 4) is 17.0 Å². The molecule has 5 heterocycles. The fourth-order valence-electron chi connectivity index (χ4n) is 7.10. The monoisotopic (exact) mass is 918 g/mol. The van der Waals surface area contributed by atoms with Crippen LogP contribution in [0.3, 0.4) is 0 Å². The van der Waals surface area contributed by atoms with Crippen molar-refractivity contribution < 1.29 is 34.4 Å². The number of carbonyl (C=O) groups is 3. The molecule has 3 aromatic carbocycles. The molecule has 1 unspecified atom stereocenters. The lowest BCUT2D eigenvalue weighted by Crippen LogP contribution is -2.35. The van der Waals surface area contributed by atoms with Crippen LogP contribution in [-0.2, 0) is 0 Å². The van der Waals surface area contributed by atoms with Gasteiger partial charge in [-0.1, -0.05) is 80.3 Å². The SMILES string of the molecule is C.CC1(C)CC(=O)c2cc(-c3cccc(C(=O)O)n3)ccc2O1.CC1(C)CCC(c2cccc(C(=O)O)n2)/C(=N/Nc2nc3ccccc3s2)C1.CCO.NNc1nc2ccccc2s1. The third-order valence-electron chi connectivity index (χ3n) is 10.0. The van der Waals surface area contributed by atoms with Crippen LogP contribution in [0.5, 0.6) is 5.75 Å². The third kappa shape index (κ3) is 13.0. The molecular formula is C48H54N8O7S2. The van der Waals surface area contributed by atoms with Gasteiger partial charge in [0.1, 0.15) is 22.7 Å². The van der Waals surface area contributed by atoms with Crippen LogP contribution < -0.4 is 21.4 Å². The number of aliphatic hydroxyl groups is 1. The number of ether oxygens (including phenoxy) is 1. The zero-order chi connectivity index (χ0) is 46.0. The second-order valence-corrected chi connectivity index (χ2v) is 18.3. The van der Waals surface area contributed by atoms with E-state index in [4.69, 9.17) is 25.9 Å². The van der Waals surface area contributed by atoms with Crippen LogP contribution in [0.1, 0.15) is 111 Å². The van der Waals surface area contributed by atoms with E-state index in [0.717, 1.165) is 61.4 Å². The summed E-state index contributed by atoms with van der Waals surface area (Å²) in [6, 6.07) is 31.1. The number of aliphatic hydroxyl groups excluding tert-OH is 1. The minimum atomic E-state index is -1.08. The molecule has 7 N–H and O–H groups in total. The van der Waals surface area contributed by atoms with Crippen molar-refractivity contribution in [2.75, 3.05) is 17.5 Å². The van der Waals surface area contributed by atoms with Gasteiger partial charge in [-0.25, -0.2) is 35.4 Å². The maximum absolute atomic E-state index is 12.3. The van der Waals surface area contributed by atoms with E-state index in [1.165, 1.54) is 12.1 Å². The number of ketones is 1. The van der Waals surface area contributed by atoms with Gasteiger partial charge in [-0.15, -0.1) is 0 Å². The highest BCUT2D eigenvalue weighted by atomic mass is 32.1. The van der Waals surface area contributed by atoms with Crippen molar-refractivity contribution in [2.24, 2.45) is 16.4 Å². The second kappa shape index (κ2) is 21.8. The summed E-state index contributed by atoms with van der Waals surface area (Å²) < 4.78 is 8.07. The van der Waals surface area contributed by atoms with E-state index in [-0.39, 0.29) is 42.5 Å². The summed E-state index contributed by atoms with van der Waals surface area (Å²) in [5, 5.41) is 32.1. The first-order chi connectivity index (χ1) is 30.6. The molecule has 0 amide bonds. The number of carboxylic acid groups (broad SMARTS) is 2. The lowest BCUT2D eigenvalue weighted by Gasteiger charge is -2.35. The Morgan fingerprint density at radius 1 is 0.800 bits per heavy atom. The van der Waals surface area contributed by atoms with E-state index < -0.39 is 17.5 Å². The minimum Gasteiger partial charge on any atom is -0.487 e. The summed E-state index contributed by atoms with van der Waals surface area (Å²) in [6.45, 7) is 10.1. The predicted molar refractivity (Wildman–Crippen MR) is 259 cm³/mol. The number of benzene rings is 3. The lowest BCUT2D eigenvalue weighted by molar-refractivity contribution is 0.0617. The summed E-state index contributed by atoms with van der Waals surface area (Å²) in [4.78, 5) is 51.8. The molecule has 4 aromatic heterocycles. The molecule has 15 nitrogen and oxygen atoms in total. The van der Waals surface area contributed by atoms with Crippen LogP contribution in [0.25, 0.3) is 31.7 Å². The quantitative estimate of drug-likeness (QED) is 0.0645. The van der Waals surface area contributed by atoms with Gasteiger partial charge in [-0.3, -0.25) is 15.6 Å². The van der Waals surface area contributed by atoms with Gasteiger partial charge in [0.25, 0.3) is 0 Å². The van der Waals surface area contributed by atoms with E-state index in [2.05, 4.69) is 44.6 Å². The van der Waals surface area contributed by atoms with Crippen LogP contribution in [0.4, 0.5) is 10.3 Å². The van der Waals surface area contributed by atoms with Crippen molar-refractivity contribution in [1.29, 1.82) is 0 Å². The standard InChI is InChI=1S/C21H22N4O2S.C17H15NO4.C7H7N3S.C2H6O.CH4/c1-21(2)11-10-13(14-7-5-8-16(22-14)19(26)27)17(12-21)24-25-20-23-15-6-3-4-9-18(15)28-20;1-17(2)9-14(19)11-8-10(6-7-15(11)22-17)12-4-3-5-13(18-12)16(20)21;8-10-7-9-5-3-1-2-4-6(5)11-7;1-2-3;/h3-9,13H,10-12H2,1-2H3,(H,23,25)(H,26,27);3-8H,9H2,1-2H3,(H,20,21);1-4H,8H2,(H,9,10);3H,2H2,1H3;1H4/b24-17+;;;;. The van der Waals surface area contributed by atoms with Gasteiger partial charge >= 0.3 is 11.9 Å². The predicted octanol–water partition coefficient (Wildman–Crippen LogP) is 10.6. The summed E-state index contributed by atoms with van der Waals surface area (Å²) in [5.41, 5.74) is 10.8. The van der Waals surface area contributed by atoms with Gasteiger partial charge in [-0.05, 0) is 112 Å². The Balaban J connectivity index is 0.000000190. The summed E-state index contributed by atoms with van der Waals surface area (Å²) >= 11 is 3.12. The molecule has 0 bridgehead atoms. The highest BCUT2D eigenvalue weighted by molar-refractivity contribution is 7.22. The molecule has 0 saturated heterocycles. The van der Waals surface area contributed by atoms with Crippen molar-refractivity contribution in [3.63, 3.8) is 0 Å². The van der Waals surface area contributed by atoms with Crippen LogP contribution in [0.15, 0.2) is 108 Å². The minimum absolute atomic E-state index is 0. The Hall–Kier alpha value is -6.66. The third-order valence-corrected chi connectivity index (χ3v) is 12.0. The van der Waals surface area contributed by atoms with E-state index in [9.17, 15) is 19.5 Å². The number of Topliss-reactive ketones (excluding diaryl/α,β-unsaturated/α-hetero) is 1. The molecular weight excluding hydrogens is 865 g/mol. The number of rotatable bonds is 7. The molecule has 1 fully saturated rings. The van der Waals surface area contributed by atoms with E-state index >= 15 is 0 Å². The number of hydrazine groups is 1. The van der Waals surface area contributed by atoms with Gasteiger partial charge < -0.3 is 20.1 Å². The molecule has 1 atom stereocenters. The van der Waals surface area contributed by atoms with Crippen LogP contribution in [0, 0.1) is 5.41 Å².